The van der Waals surface area contributed by atoms with E-state index in [2.05, 4.69) is 0 Å². The highest BCUT2D eigenvalue weighted by Gasteiger charge is 2.37. The van der Waals surface area contributed by atoms with Crippen molar-refractivity contribution in [3.63, 3.8) is 0 Å². The van der Waals surface area contributed by atoms with Gasteiger partial charge in [0.25, 0.3) is 0 Å². The van der Waals surface area contributed by atoms with E-state index in [0.29, 0.717) is 11.5 Å². The van der Waals surface area contributed by atoms with Gasteiger partial charge in [0.1, 0.15) is 11.5 Å². The summed E-state index contributed by atoms with van der Waals surface area (Å²) in [5, 5.41) is 0. The van der Waals surface area contributed by atoms with E-state index in [9.17, 15) is 4.57 Å². The van der Waals surface area contributed by atoms with Gasteiger partial charge >= 0.3 is 7.82 Å². The molecular formula is C11H13O4P. The largest absolute Gasteiger partial charge is 0.587 e. The Balaban J connectivity index is 1.96. The zero-order valence-electron chi connectivity index (χ0n) is 9.17. The number of phosphoric acid groups is 1. The maximum Gasteiger partial charge on any atom is 0.587 e. The molecule has 0 saturated carbocycles. The van der Waals surface area contributed by atoms with Crippen LogP contribution >= 0.6 is 7.82 Å². The Kier molecular flexibility index (Phi) is 3.03. The van der Waals surface area contributed by atoms with E-state index < -0.39 is 7.82 Å². The molecule has 0 bridgehead atoms. The van der Waals surface area contributed by atoms with Crippen LogP contribution in [0.5, 0.6) is 0 Å². The van der Waals surface area contributed by atoms with Crippen molar-refractivity contribution in [2.24, 2.45) is 0 Å². The first-order valence-corrected chi connectivity index (χ1v) is 6.40. The third-order valence-electron chi connectivity index (χ3n) is 2.23. The van der Waals surface area contributed by atoms with E-state index in [1.807, 2.05) is 30.3 Å². The summed E-state index contributed by atoms with van der Waals surface area (Å²) in [5.74, 6) is 1.02. The maximum absolute atomic E-state index is 11.9. The summed E-state index contributed by atoms with van der Waals surface area (Å²) >= 11 is 0. The average molecular weight is 240 g/mol. The molecule has 1 aliphatic rings. The average Bonchev–Trinajstić information content (AvgIpc) is 2.53. The Morgan fingerprint density at radius 1 is 1.12 bits per heavy atom. The predicted molar refractivity (Wildman–Crippen MR) is 59.4 cm³/mol. The smallest absolute Gasteiger partial charge is 0.396 e. The lowest BCUT2D eigenvalue weighted by molar-refractivity contribution is 0.184. The topological polar surface area (TPSA) is 44.8 Å². The molecule has 0 aliphatic carbocycles. The summed E-state index contributed by atoms with van der Waals surface area (Å²) in [6.07, 6.45) is 0. The van der Waals surface area contributed by atoms with Gasteiger partial charge in [-0.3, -0.25) is 4.52 Å². The minimum Gasteiger partial charge on any atom is -0.396 e. The predicted octanol–water partition coefficient (Wildman–Crippen LogP) is 3.61. The van der Waals surface area contributed by atoms with Gasteiger partial charge in [0.2, 0.25) is 0 Å². The molecule has 86 valence electrons. The molecule has 1 heterocycles. The quantitative estimate of drug-likeness (QED) is 0.757. The molecule has 1 aromatic carbocycles. The van der Waals surface area contributed by atoms with Gasteiger partial charge in [-0.15, -0.1) is 0 Å². The van der Waals surface area contributed by atoms with Crippen molar-refractivity contribution >= 4 is 7.82 Å². The Morgan fingerprint density at radius 3 is 2.25 bits per heavy atom. The SMILES string of the molecule is CC1=C(C)OP(=O)(OCc2ccccc2)O1. The van der Waals surface area contributed by atoms with Crippen LogP contribution in [-0.2, 0) is 24.7 Å². The van der Waals surface area contributed by atoms with E-state index in [-0.39, 0.29) is 6.61 Å². The van der Waals surface area contributed by atoms with E-state index >= 15 is 0 Å². The lowest BCUT2D eigenvalue weighted by Crippen LogP contribution is -1.92. The van der Waals surface area contributed by atoms with Crippen LogP contribution in [0.25, 0.3) is 0 Å². The highest BCUT2D eigenvalue weighted by atomic mass is 31.2. The Morgan fingerprint density at radius 2 is 1.69 bits per heavy atom. The van der Waals surface area contributed by atoms with Crippen molar-refractivity contribution in [1.82, 2.24) is 0 Å². The van der Waals surface area contributed by atoms with Crippen molar-refractivity contribution in [2.75, 3.05) is 0 Å². The second-order valence-electron chi connectivity index (χ2n) is 3.50. The van der Waals surface area contributed by atoms with Gasteiger partial charge in [-0.05, 0) is 19.4 Å². The molecule has 0 fully saturated rings. The molecule has 1 aliphatic heterocycles. The van der Waals surface area contributed by atoms with Gasteiger partial charge in [-0.25, -0.2) is 4.57 Å². The summed E-state index contributed by atoms with van der Waals surface area (Å²) < 4.78 is 27.2. The summed E-state index contributed by atoms with van der Waals surface area (Å²) in [5.41, 5.74) is 0.923. The first-order chi connectivity index (χ1) is 7.59. The van der Waals surface area contributed by atoms with Crippen LogP contribution in [-0.4, -0.2) is 0 Å². The zero-order chi connectivity index (χ0) is 11.6. The van der Waals surface area contributed by atoms with Gasteiger partial charge in [0.15, 0.2) is 0 Å². The number of phosphoric ester groups is 1. The number of allylic oxidation sites excluding steroid dienone is 2. The Bertz CT molecular complexity index is 434. The molecule has 0 unspecified atom stereocenters. The molecule has 16 heavy (non-hydrogen) atoms. The summed E-state index contributed by atoms with van der Waals surface area (Å²) in [7, 11) is -3.42. The van der Waals surface area contributed by atoms with E-state index in [1.54, 1.807) is 13.8 Å². The molecule has 0 spiro atoms. The molecular weight excluding hydrogens is 227 g/mol. The molecule has 5 heteroatoms. The van der Waals surface area contributed by atoms with Crippen molar-refractivity contribution in [3.8, 4) is 0 Å². The van der Waals surface area contributed by atoms with Crippen molar-refractivity contribution in [1.29, 1.82) is 0 Å². The third kappa shape index (κ3) is 2.46. The molecule has 0 N–H and O–H groups in total. The molecule has 4 nitrogen and oxygen atoms in total. The maximum atomic E-state index is 11.9. The number of hydrogen-bond acceptors (Lipinski definition) is 4. The van der Waals surface area contributed by atoms with E-state index in [0.717, 1.165) is 5.56 Å². The molecule has 1 aromatic rings. The van der Waals surface area contributed by atoms with Crippen molar-refractivity contribution in [2.45, 2.75) is 20.5 Å². The molecule has 0 saturated heterocycles. The summed E-state index contributed by atoms with van der Waals surface area (Å²) in [6, 6.07) is 9.45. The van der Waals surface area contributed by atoms with Crippen LogP contribution in [0, 0.1) is 0 Å². The van der Waals surface area contributed by atoms with Crippen molar-refractivity contribution in [3.05, 3.63) is 47.4 Å². The minimum absolute atomic E-state index is 0.207. The number of rotatable bonds is 3. The highest BCUT2D eigenvalue weighted by Crippen LogP contribution is 2.58. The molecule has 2 rings (SSSR count). The van der Waals surface area contributed by atoms with Crippen molar-refractivity contribution < 1.29 is 18.1 Å². The van der Waals surface area contributed by atoms with Crippen LogP contribution in [0.15, 0.2) is 41.9 Å². The van der Waals surface area contributed by atoms with E-state index in [4.69, 9.17) is 13.6 Å². The van der Waals surface area contributed by atoms with Gasteiger partial charge in [-0.2, -0.15) is 0 Å². The van der Waals surface area contributed by atoms with Gasteiger partial charge in [0.05, 0.1) is 6.61 Å². The minimum atomic E-state index is -3.42. The standard InChI is InChI=1S/C11H13O4P/c1-9-10(2)15-16(12,14-9)13-8-11-6-4-3-5-7-11/h3-7H,8H2,1-2H3. The fraction of sp³-hybridized carbons (Fsp3) is 0.273. The van der Waals surface area contributed by atoms with Crippen LogP contribution in [0.3, 0.4) is 0 Å². The molecule has 0 radical (unpaired) electrons. The highest BCUT2D eigenvalue weighted by molar-refractivity contribution is 7.49. The zero-order valence-corrected chi connectivity index (χ0v) is 10.1. The fourth-order valence-electron chi connectivity index (χ4n) is 1.26. The number of hydrogen-bond donors (Lipinski definition) is 0. The lowest BCUT2D eigenvalue weighted by atomic mass is 10.2. The second kappa shape index (κ2) is 4.32. The lowest BCUT2D eigenvalue weighted by Gasteiger charge is -2.10. The normalized spacial score (nSPS) is 18.1. The first kappa shape index (κ1) is 11.2. The molecule has 0 aromatic heterocycles. The molecule has 0 atom stereocenters. The van der Waals surface area contributed by atoms with Crippen LogP contribution < -0.4 is 0 Å². The Hall–Kier alpha value is -1.25. The van der Waals surface area contributed by atoms with Gasteiger partial charge < -0.3 is 9.05 Å². The summed E-state index contributed by atoms with van der Waals surface area (Å²) in [4.78, 5) is 0. The van der Waals surface area contributed by atoms with Crippen LogP contribution in [0.1, 0.15) is 19.4 Å². The fourth-order valence-corrected chi connectivity index (χ4v) is 2.64. The van der Waals surface area contributed by atoms with Crippen LogP contribution in [0.2, 0.25) is 0 Å². The van der Waals surface area contributed by atoms with E-state index in [1.165, 1.54) is 0 Å². The van der Waals surface area contributed by atoms with Crippen LogP contribution in [0.4, 0.5) is 0 Å². The summed E-state index contributed by atoms with van der Waals surface area (Å²) in [6.45, 7) is 3.60. The van der Waals surface area contributed by atoms with Gasteiger partial charge in [0, 0.05) is 0 Å². The van der Waals surface area contributed by atoms with Gasteiger partial charge in [-0.1, -0.05) is 30.3 Å². The monoisotopic (exact) mass is 240 g/mol. The first-order valence-electron chi connectivity index (χ1n) is 4.94. The second-order valence-corrected chi connectivity index (χ2v) is 5.02. The Labute approximate surface area is 94.5 Å². The third-order valence-corrected chi connectivity index (χ3v) is 3.67. The number of benzene rings is 1. The molecule has 0 amide bonds.